The molecule has 3 rings (SSSR count). The second-order valence-corrected chi connectivity index (χ2v) is 6.15. The lowest BCUT2D eigenvalue weighted by Crippen LogP contribution is -2.50. The minimum absolute atomic E-state index is 0.0744. The lowest BCUT2D eigenvalue weighted by atomic mass is 10.3. The number of thioether (sulfide) groups is 1. The summed E-state index contributed by atoms with van der Waals surface area (Å²) < 4.78 is 1.98. The first-order chi connectivity index (χ1) is 10.6. The number of fused-ring (bicyclic) bond motifs is 1. The first-order valence-electron chi connectivity index (χ1n) is 7.23. The van der Waals surface area contributed by atoms with Crippen LogP contribution in [0.4, 0.5) is 0 Å². The molecule has 0 unspecified atom stereocenters. The summed E-state index contributed by atoms with van der Waals surface area (Å²) in [5, 5.41) is 0.825. The number of amides is 2. The van der Waals surface area contributed by atoms with Crippen molar-refractivity contribution < 1.29 is 9.59 Å². The van der Waals surface area contributed by atoms with Crippen molar-refractivity contribution in [2.24, 2.45) is 0 Å². The Morgan fingerprint density at radius 1 is 1.18 bits per heavy atom. The van der Waals surface area contributed by atoms with Gasteiger partial charge in [0.1, 0.15) is 0 Å². The van der Waals surface area contributed by atoms with Crippen LogP contribution >= 0.6 is 11.8 Å². The van der Waals surface area contributed by atoms with E-state index in [1.165, 1.54) is 11.8 Å². The molecule has 3 heterocycles. The van der Waals surface area contributed by atoms with Crippen LogP contribution in [0, 0.1) is 0 Å². The van der Waals surface area contributed by atoms with Crippen LogP contribution in [0.2, 0.25) is 0 Å². The predicted molar refractivity (Wildman–Crippen MR) is 84.8 cm³/mol. The van der Waals surface area contributed by atoms with E-state index in [1.54, 1.807) is 18.0 Å². The number of carbonyl (C=O) groups is 2. The van der Waals surface area contributed by atoms with E-state index < -0.39 is 0 Å². The van der Waals surface area contributed by atoms with Gasteiger partial charge in [0, 0.05) is 39.3 Å². The summed E-state index contributed by atoms with van der Waals surface area (Å²) in [6, 6.07) is 5.90. The van der Waals surface area contributed by atoms with E-state index in [0.717, 1.165) is 10.7 Å². The molecule has 2 amide bonds. The van der Waals surface area contributed by atoms with Gasteiger partial charge < -0.3 is 9.80 Å². The molecule has 0 aliphatic carbocycles. The minimum atomic E-state index is 0.0744. The monoisotopic (exact) mass is 318 g/mol. The van der Waals surface area contributed by atoms with Crippen molar-refractivity contribution in [1.82, 2.24) is 19.2 Å². The number of rotatable bonds is 3. The van der Waals surface area contributed by atoms with E-state index in [1.807, 2.05) is 33.7 Å². The number of carbonyl (C=O) groups excluding carboxylic acids is 2. The van der Waals surface area contributed by atoms with Gasteiger partial charge in [-0.15, -0.1) is 0 Å². The molecule has 0 saturated carbocycles. The van der Waals surface area contributed by atoms with E-state index in [0.29, 0.717) is 31.9 Å². The first-order valence-corrected chi connectivity index (χ1v) is 8.22. The third kappa shape index (κ3) is 3.09. The number of imidazole rings is 1. The molecule has 7 heteroatoms. The van der Waals surface area contributed by atoms with Gasteiger partial charge in [-0.2, -0.15) is 0 Å². The molecule has 1 saturated heterocycles. The average Bonchev–Trinajstić information content (AvgIpc) is 2.96. The van der Waals surface area contributed by atoms with Gasteiger partial charge in [-0.1, -0.05) is 17.8 Å². The molecule has 0 spiro atoms. The Morgan fingerprint density at radius 2 is 1.91 bits per heavy atom. The van der Waals surface area contributed by atoms with Crippen LogP contribution in [0.15, 0.2) is 35.7 Å². The van der Waals surface area contributed by atoms with Gasteiger partial charge in [-0.05, 0) is 12.1 Å². The molecule has 1 fully saturated rings. The lowest BCUT2D eigenvalue weighted by Gasteiger charge is -2.34. The first kappa shape index (κ1) is 14.9. The number of nitrogens with zero attached hydrogens (tertiary/aromatic N) is 4. The fraction of sp³-hybridized carbons (Fsp3) is 0.400. The average molecular weight is 318 g/mol. The second-order valence-electron chi connectivity index (χ2n) is 5.21. The Balaban J connectivity index is 1.56. The van der Waals surface area contributed by atoms with Crippen LogP contribution in [-0.2, 0) is 9.59 Å². The minimum Gasteiger partial charge on any atom is -0.339 e. The normalized spacial score (nSPS) is 15.3. The fourth-order valence-electron chi connectivity index (χ4n) is 2.51. The van der Waals surface area contributed by atoms with Crippen LogP contribution < -0.4 is 0 Å². The summed E-state index contributed by atoms with van der Waals surface area (Å²) in [6.45, 7) is 4.04. The van der Waals surface area contributed by atoms with Gasteiger partial charge in [0.25, 0.3) is 0 Å². The maximum atomic E-state index is 12.3. The van der Waals surface area contributed by atoms with Gasteiger partial charge in [-0.25, -0.2) is 4.98 Å². The van der Waals surface area contributed by atoms with Crippen LogP contribution in [-0.4, -0.2) is 62.9 Å². The maximum absolute atomic E-state index is 12.3. The van der Waals surface area contributed by atoms with Gasteiger partial charge in [-0.3, -0.25) is 14.0 Å². The summed E-state index contributed by atoms with van der Waals surface area (Å²) in [7, 11) is 0. The zero-order chi connectivity index (χ0) is 15.5. The van der Waals surface area contributed by atoms with Crippen molar-refractivity contribution in [1.29, 1.82) is 0 Å². The lowest BCUT2D eigenvalue weighted by molar-refractivity contribution is -0.136. The Morgan fingerprint density at radius 3 is 2.64 bits per heavy atom. The molecule has 1 aliphatic heterocycles. The standard InChI is InChI=1S/C15H18N4O2S/c1-12(20)17-6-8-18(9-7-17)14(21)11-22-15-16-10-13-4-2-3-5-19(13)15/h2-5,10H,6-9,11H2,1H3. The molecule has 2 aromatic heterocycles. The highest BCUT2D eigenvalue weighted by atomic mass is 32.2. The van der Waals surface area contributed by atoms with Gasteiger partial charge in [0.05, 0.1) is 17.5 Å². The summed E-state index contributed by atoms with van der Waals surface area (Å²) in [5.41, 5.74) is 1.02. The largest absolute Gasteiger partial charge is 0.339 e. The maximum Gasteiger partial charge on any atom is 0.233 e. The molecule has 0 bridgehead atoms. The third-order valence-electron chi connectivity index (χ3n) is 3.81. The Hall–Kier alpha value is -2.02. The Labute approximate surface area is 133 Å². The highest BCUT2D eigenvalue weighted by molar-refractivity contribution is 7.99. The predicted octanol–water partition coefficient (Wildman–Crippen LogP) is 1.12. The molecule has 2 aromatic rings. The molecule has 116 valence electrons. The van der Waals surface area contributed by atoms with Crippen LogP contribution in [0.5, 0.6) is 0 Å². The van der Waals surface area contributed by atoms with Gasteiger partial charge in [0.15, 0.2) is 5.16 Å². The Bertz CT molecular complexity index is 692. The molecule has 22 heavy (non-hydrogen) atoms. The quantitative estimate of drug-likeness (QED) is 0.796. The molecule has 6 nitrogen and oxygen atoms in total. The molecule has 0 N–H and O–H groups in total. The molecule has 1 aliphatic rings. The van der Waals surface area contributed by atoms with Crippen molar-refractivity contribution in [2.75, 3.05) is 31.9 Å². The third-order valence-corrected chi connectivity index (χ3v) is 4.76. The van der Waals surface area contributed by atoms with E-state index in [4.69, 9.17) is 0 Å². The highest BCUT2D eigenvalue weighted by Gasteiger charge is 2.22. The molecular formula is C15H18N4O2S. The smallest absolute Gasteiger partial charge is 0.233 e. The zero-order valence-electron chi connectivity index (χ0n) is 12.4. The number of hydrogen-bond acceptors (Lipinski definition) is 4. The Kier molecular flexibility index (Phi) is 4.33. The van der Waals surface area contributed by atoms with Crippen molar-refractivity contribution in [3.63, 3.8) is 0 Å². The number of pyridine rings is 1. The van der Waals surface area contributed by atoms with E-state index in [2.05, 4.69) is 4.98 Å². The number of hydrogen-bond donors (Lipinski definition) is 0. The SMILES string of the molecule is CC(=O)N1CCN(C(=O)CSc2ncc3ccccn23)CC1. The summed E-state index contributed by atoms with van der Waals surface area (Å²) in [6.07, 6.45) is 3.75. The van der Waals surface area contributed by atoms with Crippen molar-refractivity contribution in [3.05, 3.63) is 30.6 Å². The molecule has 0 atom stereocenters. The zero-order valence-corrected chi connectivity index (χ0v) is 13.3. The van der Waals surface area contributed by atoms with E-state index in [9.17, 15) is 9.59 Å². The molecular weight excluding hydrogens is 300 g/mol. The fourth-order valence-corrected chi connectivity index (χ4v) is 3.38. The molecule has 0 radical (unpaired) electrons. The van der Waals surface area contributed by atoms with E-state index in [-0.39, 0.29) is 11.8 Å². The number of aromatic nitrogens is 2. The topological polar surface area (TPSA) is 57.9 Å². The summed E-state index contributed by atoms with van der Waals surface area (Å²) in [4.78, 5) is 31.5. The second kappa shape index (κ2) is 6.39. The molecule has 0 aromatic carbocycles. The van der Waals surface area contributed by atoms with E-state index >= 15 is 0 Å². The highest BCUT2D eigenvalue weighted by Crippen LogP contribution is 2.19. The van der Waals surface area contributed by atoms with Crippen LogP contribution in [0.1, 0.15) is 6.92 Å². The van der Waals surface area contributed by atoms with Gasteiger partial charge >= 0.3 is 0 Å². The summed E-state index contributed by atoms with van der Waals surface area (Å²) >= 11 is 1.45. The van der Waals surface area contributed by atoms with Gasteiger partial charge in [0.2, 0.25) is 11.8 Å². The summed E-state index contributed by atoms with van der Waals surface area (Å²) in [5.74, 6) is 0.542. The van der Waals surface area contributed by atoms with Crippen molar-refractivity contribution in [2.45, 2.75) is 12.1 Å². The number of piperazine rings is 1. The van der Waals surface area contributed by atoms with Crippen molar-refractivity contribution in [3.8, 4) is 0 Å². The van der Waals surface area contributed by atoms with Crippen LogP contribution in [0.3, 0.4) is 0 Å². The van der Waals surface area contributed by atoms with Crippen LogP contribution in [0.25, 0.3) is 5.52 Å². The van der Waals surface area contributed by atoms with Crippen molar-refractivity contribution >= 4 is 29.1 Å².